The molecule has 1 N–H and O–H groups in total. The van der Waals surface area contributed by atoms with E-state index < -0.39 is 0 Å². The zero-order valence-electron chi connectivity index (χ0n) is 12.8. The van der Waals surface area contributed by atoms with Crippen LogP contribution >= 0.6 is 11.3 Å². The van der Waals surface area contributed by atoms with Crippen LogP contribution in [0.4, 0.5) is 11.6 Å². The van der Waals surface area contributed by atoms with Crippen molar-refractivity contribution >= 4 is 23.0 Å². The third kappa shape index (κ3) is 3.02. The number of thiophene rings is 1. The van der Waals surface area contributed by atoms with Gasteiger partial charge in [0.15, 0.2) is 0 Å². The van der Waals surface area contributed by atoms with Gasteiger partial charge in [-0.15, -0.1) is 0 Å². The second-order valence-electron chi connectivity index (χ2n) is 5.85. The van der Waals surface area contributed by atoms with Gasteiger partial charge in [-0.25, -0.2) is 9.97 Å². The number of hydrogen-bond acceptors (Lipinski definition) is 5. The minimum absolute atomic E-state index is 0.396. The summed E-state index contributed by atoms with van der Waals surface area (Å²) in [7, 11) is 1.93. The number of hydrogen-bond donors (Lipinski definition) is 1. The van der Waals surface area contributed by atoms with E-state index in [2.05, 4.69) is 50.9 Å². The third-order valence-electron chi connectivity index (χ3n) is 3.87. The van der Waals surface area contributed by atoms with Gasteiger partial charge in [-0.1, -0.05) is 13.8 Å². The van der Waals surface area contributed by atoms with Crippen LogP contribution in [0.5, 0.6) is 0 Å². The fourth-order valence-electron chi connectivity index (χ4n) is 2.69. The van der Waals surface area contributed by atoms with Gasteiger partial charge in [0.05, 0.1) is 0 Å². The van der Waals surface area contributed by atoms with E-state index in [4.69, 9.17) is 0 Å². The molecule has 0 spiro atoms. The number of nitrogens with zero attached hydrogens (tertiary/aromatic N) is 3. The van der Waals surface area contributed by atoms with Crippen LogP contribution in [0.25, 0.3) is 0 Å². The van der Waals surface area contributed by atoms with E-state index in [1.165, 1.54) is 24.0 Å². The summed E-state index contributed by atoms with van der Waals surface area (Å²) >= 11 is 1.76. The zero-order valence-corrected chi connectivity index (χ0v) is 13.7. The molecule has 2 heterocycles. The molecule has 1 fully saturated rings. The summed E-state index contributed by atoms with van der Waals surface area (Å²) in [6.07, 6.45) is 4.21. The molecule has 0 bridgehead atoms. The first kappa shape index (κ1) is 14.3. The van der Waals surface area contributed by atoms with Crippen molar-refractivity contribution in [3.8, 4) is 0 Å². The van der Waals surface area contributed by atoms with Gasteiger partial charge in [-0.2, -0.15) is 11.3 Å². The third-order valence-corrected chi connectivity index (χ3v) is 4.60. The molecule has 2 aromatic heterocycles. The van der Waals surface area contributed by atoms with Crippen molar-refractivity contribution in [1.82, 2.24) is 9.97 Å². The molecule has 1 saturated carbocycles. The molecule has 0 amide bonds. The molecule has 0 aromatic carbocycles. The number of aromatic nitrogens is 2. The van der Waals surface area contributed by atoms with E-state index >= 15 is 0 Å². The monoisotopic (exact) mass is 302 g/mol. The number of anilines is 2. The first-order valence-electron chi connectivity index (χ1n) is 7.51. The Bertz CT molecular complexity index is 590. The van der Waals surface area contributed by atoms with Crippen molar-refractivity contribution in [3.05, 3.63) is 34.3 Å². The second-order valence-corrected chi connectivity index (χ2v) is 6.63. The Hall–Kier alpha value is -1.62. The molecule has 2 aromatic rings. The lowest BCUT2D eigenvalue weighted by atomic mass is 10.0. The lowest BCUT2D eigenvalue weighted by molar-refractivity contribution is 0.749. The molecule has 1 aliphatic rings. The molecule has 112 valence electrons. The van der Waals surface area contributed by atoms with Crippen molar-refractivity contribution in [2.75, 3.05) is 17.3 Å². The van der Waals surface area contributed by atoms with E-state index in [1.54, 1.807) is 17.7 Å². The molecule has 5 heteroatoms. The van der Waals surface area contributed by atoms with Gasteiger partial charge in [0.2, 0.25) is 0 Å². The van der Waals surface area contributed by atoms with Crippen LogP contribution in [-0.4, -0.2) is 23.1 Å². The van der Waals surface area contributed by atoms with Gasteiger partial charge in [-0.05, 0) is 41.1 Å². The molecule has 1 aliphatic carbocycles. The summed E-state index contributed by atoms with van der Waals surface area (Å²) in [6.45, 7) is 5.35. The lowest BCUT2D eigenvalue weighted by Gasteiger charge is -2.27. The van der Waals surface area contributed by atoms with Crippen LogP contribution in [0, 0.1) is 0 Å². The van der Waals surface area contributed by atoms with Crippen LogP contribution in [0.15, 0.2) is 23.2 Å². The van der Waals surface area contributed by atoms with Crippen molar-refractivity contribution in [2.24, 2.45) is 0 Å². The van der Waals surface area contributed by atoms with E-state index in [0.717, 1.165) is 18.2 Å². The van der Waals surface area contributed by atoms with Crippen molar-refractivity contribution in [3.63, 3.8) is 0 Å². The highest BCUT2D eigenvalue weighted by Gasteiger charge is 2.32. The Balaban J connectivity index is 1.99. The van der Waals surface area contributed by atoms with Gasteiger partial charge >= 0.3 is 0 Å². The maximum absolute atomic E-state index is 4.63. The summed E-state index contributed by atoms with van der Waals surface area (Å²) < 4.78 is 0. The van der Waals surface area contributed by atoms with Crippen molar-refractivity contribution in [2.45, 2.75) is 45.2 Å². The molecule has 0 aliphatic heterocycles. The van der Waals surface area contributed by atoms with E-state index in [-0.39, 0.29) is 0 Å². The highest BCUT2D eigenvalue weighted by atomic mass is 32.1. The van der Waals surface area contributed by atoms with Crippen LogP contribution in [0.3, 0.4) is 0 Å². The van der Waals surface area contributed by atoms with Gasteiger partial charge in [0.25, 0.3) is 0 Å². The van der Waals surface area contributed by atoms with Gasteiger partial charge in [-0.3, -0.25) is 0 Å². The quantitative estimate of drug-likeness (QED) is 0.879. The molecule has 0 saturated heterocycles. The van der Waals surface area contributed by atoms with Gasteiger partial charge in [0, 0.05) is 25.2 Å². The maximum atomic E-state index is 4.63. The fourth-order valence-corrected chi connectivity index (χ4v) is 3.35. The molecule has 0 radical (unpaired) electrons. The van der Waals surface area contributed by atoms with E-state index in [0.29, 0.717) is 12.0 Å². The SMILES string of the molecule is CNc1ncnc(N(Cc2ccsc2)C2CC2)c1C(C)C. The maximum Gasteiger partial charge on any atom is 0.138 e. The molecule has 0 atom stereocenters. The highest BCUT2D eigenvalue weighted by Crippen LogP contribution is 2.38. The molecule has 4 nitrogen and oxygen atoms in total. The summed E-state index contributed by atoms with van der Waals surface area (Å²) in [5, 5.41) is 7.58. The largest absolute Gasteiger partial charge is 0.373 e. The fraction of sp³-hybridized carbons (Fsp3) is 0.500. The average molecular weight is 302 g/mol. The number of nitrogens with one attached hydrogen (secondary N) is 1. The molecular formula is C16H22N4S. The van der Waals surface area contributed by atoms with Crippen LogP contribution in [0.1, 0.15) is 43.7 Å². The van der Waals surface area contributed by atoms with E-state index in [9.17, 15) is 0 Å². The van der Waals surface area contributed by atoms with Crippen molar-refractivity contribution < 1.29 is 0 Å². The normalized spacial score (nSPS) is 14.5. The van der Waals surface area contributed by atoms with Gasteiger partial charge < -0.3 is 10.2 Å². The number of rotatable bonds is 6. The Kier molecular flexibility index (Phi) is 4.10. The molecular weight excluding hydrogens is 280 g/mol. The second kappa shape index (κ2) is 6.02. The first-order valence-corrected chi connectivity index (χ1v) is 8.45. The molecule has 3 rings (SSSR count). The van der Waals surface area contributed by atoms with Crippen LogP contribution in [0.2, 0.25) is 0 Å². The summed E-state index contributed by atoms with van der Waals surface area (Å²) in [6, 6.07) is 2.83. The zero-order chi connectivity index (χ0) is 14.8. The Labute approximate surface area is 130 Å². The Morgan fingerprint density at radius 3 is 2.76 bits per heavy atom. The minimum atomic E-state index is 0.396. The van der Waals surface area contributed by atoms with Gasteiger partial charge in [0.1, 0.15) is 18.0 Å². The molecule has 21 heavy (non-hydrogen) atoms. The smallest absolute Gasteiger partial charge is 0.138 e. The Morgan fingerprint density at radius 1 is 1.38 bits per heavy atom. The first-order chi connectivity index (χ1) is 10.2. The highest BCUT2D eigenvalue weighted by molar-refractivity contribution is 7.07. The predicted molar refractivity (Wildman–Crippen MR) is 89.2 cm³/mol. The summed E-state index contributed by atoms with van der Waals surface area (Å²) in [4.78, 5) is 11.5. The van der Waals surface area contributed by atoms with Crippen LogP contribution in [-0.2, 0) is 6.54 Å². The predicted octanol–water partition coefficient (Wildman–Crippen LogP) is 3.87. The molecule has 0 unspecified atom stereocenters. The Morgan fingerprint density at radius 2 is 2.19 bits per heavy atom. The minimum Gasteiger partial charge on any atom is -0.373 e. The summed E-state index contributed by atoms with van der Waals surface area (Å²) in [5.74, 6) is 2.44. The topological polar surface area (TPSA) is 41.1 Å². The van der Waals surface area contributed by atoms with Crippen LogP contribution < -0.4 is 10.2 Å². The standard InChI is InChI=1S/C16H22N4S/c1-11(2)14-15(17-3)18-10-19-16(14)20(13-4-5-13)8-12-6-7-21-9-12/h6-7,9-11,13H,4-5,8H2,1-3H3,(H,17,18,19). The van der Waals surface area contributed by atoms with Crippen molar-refractivity contribution in [1.29, 1.82) is 0 Å². The summed E-state index contributed by atoms with van der Waals surface area (Å²) in [5.41, 5.74) is 2.59. The lowest BCUT2D eigenvalue weighted by Crippen LogP contribution is -2.27. The van der Waals surface area contributed by atoms with E-state index in [1.807, 2.05) is 7.05 Å². The average Bonchev–Trinajstić information content (AvgIpc) is 3.20.